The zero-order valence-corrected chi connectivity index (χ0v) is 16.2. The first kappa shape index (κ1) is 20.2. The van der Waals surface area contributed by atoms with E-state index in [0.717, 1.165) is 18.4 Å². The summed E-state index contributed by atoms with van der Waals surface area (Å²) < 4.78 is 6.27. The van der Waals surface area contributed by atoms with Crippen LogP contribution in [0.4, 0.5) is 0 Å². The lowest BCUT2D eigenvalue weighted by molar-refractivity contribution is -0.00663. The Bertz CT molecular complexity index is 431. The van der Waals surface area contributed by atoms with Crippen molar-refractivity contribution >= 4 is 0 Å². The van der Waals surface area contributed by atoms with Gasteiger partial charge in [0.25, 0.3) is 0 Å². The molecule has 0 radical (unpaired) electrons. The summed E-state index contributed by atoms with van der Waals surface area (Å²) in [5.41, 5.74) is 0. The molecule has 2 aliphatic rings. The number of nitrogens with zero attached hydrogens (tertiary/aromatic N) is 1. The number of hydrogen-bond donors (Lipinski definition) is 0. The molecule has 140 valence electrons. The predicted molar refractivity (Wildman–Crippen MR) is 105 cm³/mol. The second-order valence-electron chi connectivity index (χ2n) is 8.13. The third kappa shape index (κ3) is 8.23. The fraction of sp³-hybridized carbons (Fsp3) is 0.783. The molecule has 0 spiro atoms. The lowest BCUT2D eigenvalue weighted by atomic mass is 9.80. The number of unbranched alkanes of at least 4 members (excludes halogenated alkanes) is 2. The van der Waals surface area contributed by atoms with Gasteiger partial charge in [0.15, 0.2) is 0 Å². The molecular formula is C23H37NO. The first-order chi connectivity index (χ1) is 12.3. The standard InChI is InChI=1S/C23H37NO/c1-2-3-5-8-20-10-12-22(13-11-20)19-25-23-16-14-21(15-17-23)9-6-4-7-18-24/h4,6-7,9,20-23H,2-3,5,8,10-17,19H2,1H3. The van der Waals surface area contributed by atoms with Gasteiger partial charge in [-0.15, -0.1) is 0 Å². The quantitative estimate of drug-likeness (QED) is 0.269. The molecule has 2 saturated carbocycles. The molecule has 0 bridgehead atoms. The van der Waals surface area contributed by atoms with Gasteiger partial charge in [-0.2, -0.15) is 5.26 Å². The lowest BCUT2D eigenvalue weighted by Gasteiger charge is -2.31. The average Bonchev–Trinajstić information content (AvgIpc) is 2.66. The molecule has 0 heterocycles. The van der Waals surface area contributed by atoms with Gasteiger partial charge in [-0.3, -0.25) is 0 Å². The third-order valence-electron chi connectivity index (χ3n) is 6.13. The highest BCUT2D eigenvalue weighted by Gasteiger charge is 2.24. The van der Waals surface area contributed by atoms with Crippen LogP contribution in [0.1, 0.15) is 84.0 Å². The Morgan fingerprint density at radius 2 is 1.64 bits per heavy atom. The van der Waals surface area contributed by atoms with Crippen molar-refractivity contribution in [3.63, 3.8) is 0 Å². The summed E-state index contributed by atoms with van der Waals surface area (Å²) in [5, 5.41) is 8.48. The van der Waals surface area contributed by atoms with Gasteiger partial charge in [-0.25, -0.2) is 0 Å². The molecule has 2 heteroatoms. The molecule has 0 amide bonds. The van der Waals surface area contributed by atoms with E-state index in [0.29, 0.717) is 12.0 Å². The maximum atomic E-state index is 8.48. The third-order valence-corrected chi connectivity index (χ3v) is 6.13. The summed E-state index contributed by atoms with van der Waals surface area (Å²) in [5.74, 6) is 2.48. The Hall–Kier alpha value is -1.07. The minimum absolute atomic E-state index is 0.488. The molecule has 25 heavy (non-hydrogen) atoms. The van der Waals surface area contributed by atoms with E-state index < -0.39 is 0 Å². The van der Waals surface area contributed by atoms with Crippen molar-refractivity contribution in [3.8, 4) is 6.07 Å². The molecule has 2 rings (SSSR count). The van der Waals surface area contributed by atoms with Crippen molar-refractivity contribution < 1.29 is 4.74 Å². The molecule has 0 aromatic heterocycles. The number of allylic oxidation sites excluding steroid dienone is 4. The van der Waals surface area contributed by atoms with Crippen LogP contribution in [0.5, 0.6) is 0 Å². The Kier molecular flexibility index (Phi) is 9.97. The second kappa shape index (κ2) is 12.3. The van der Waals surface area contributed by atoms with Gasteiger partial charge in [0.2, 0.25) is 0 Å². The van der Waals surface area contributed by atoms with Gasteiger partial charge in [0.05, 0.1) is 12.2 Å². The zero-order valence-electron chi connectivity index (χ0n) is 16.2. The van der Waals surface area contributed by atoms with E-state index >= 15 is 0 Å². The fourth-order valence-corrected chi connectivity index (χ4v) is 4.41. The number of ether oxygens (including phenoxy) is 1. The normalized spacial score (nSPS) is 30.7. The fourth-order valence-electron chi connectivity index (χ4n) is 4.41. The Morgan fingerprint density at radius 3 is 2.32 bits per heavy atom. The number of rotatable bonds is 9. The molecule has 0 atom stereocenters. The maximum Gasteiger partial charge on any atom is 0.0912 e. The highest BCUT2D eigenvalue weighted by Crippen LogP contribution is 2.33. The van der Waals surface area contributed by atoms with Crippen molar-refractivity contribution in [2.75, 3.05) is 6.61 Å². The Morgan fingerprint density at radius 1 is 0.920 bits per heavy atom. The summed E-state index contributed by atoms with van der Waals surface area (Å²) in [6.07, 6.45) is 24.3. The molecule has 0 saturated heterocycles. The van der Waals surface area contributed by atoms with Gasteiger partial charge < -0.3 is 4.74 Å². The van der Waals surface area contributed by atoms with E-state index in [-0.39, 0.29) is 0 Å². The van der Waals surface area contributed by atoms with E-state index in [1.165, 1.54) is 83.1 Å². The van der Waals surface area contributed by atoms with Gasteiger partial charge >= 0.3 is 0 Å². The van der Waals surface area contributed by atoms with Crippen LogP contribution in [-0.2, 0) is 4.74 Å². The van der Waals surface area contributed by atoms with Crippen molar-refractivity contribution in [2.45, 2.75) is 90.1 Å². The second-order valence-corrected chi connectivity index (χ2v) is 8.13. The van der Waals surface area contributed by atoms with Crippen LogP contribution in [0.15, 0.2) is 24.3 Å². The van der Waals surface area contributed by atoms with Crippen molar-refractivity contribution in [3.05, 3.63) is 24.3 Å². The van der Waals surface area contributed by atoms with Crippen LogP contribution in [0, 0.1) is 29.1 Å². The molecule has 0 aliphatic heterocycles. The van der Waals surface area contributed by atoms with E-state index in [9.17, 15) is 0 Å². The van der Waals surface area contributed by atoms with Gasteiger partial charge in [-0.1, -0.05) is 63.7 Å². The van der Waals surface area contributed by atoms with E-state index in [2.05, 4.69) is 13.0 Å². The Labute approximate surface area is 155 Å². The minimum atomic E-state index is 0.488. The molecular weight excluding hydrogens is 306 g/mol. The van der Waals surface area contributed by atoms with Crippen LogP contribution < -0.4 is 0 Å². The summed E-state index contributed by atoms with van der Waals surface area (Å²) in [6, 6.07) is 2.02. The van der Waals surface area contributed by atoms with Gasteiger partial charge in [-0.05, 0) is 56.3 Å². The molecule has 2 aliphatic carbocycles. The lowest BCUT2D eigenvalue weighted by Crippen LogP contribution is -2.25. The van der Waals surface area contributed by atoms with E-state index in [1.807, 2.05) is 18.2 Å². The predicted octanol–water partition coefficient (Wildman–Crippen LogP) is 6.58. The summed E-state index contributed by atoms with van der Waals surface area (Å²) in [7, 11) is 0. The molecule has 0 unspecified atom stereocenters. The average molecular weight is 344 g/mol. The van der Waals surface area contributed by atoms with Crippen LogP contribution in [-0.4, -0.2) is 12.7 Å². The van der Waals surface area contributed by atoms with E-state index in [1.54, 1.807) is 0 Å². The zero-order chi connectivity index (χ0) is 17.7. The van der Waals surface area contributed by atoms with Crippen molar-refractivity contribution in [1.29, 1.82) is 5.26 Å². The summed E-state index contributed by atoms with van der Waals surface area (Å²) in [6.45, 7) is 3.29. The van der Waals surface area contributed by atoms with Crippen LogP contribution >= 0.6 is 0 Å². The first-order valence-corrected chi connectivity index (χ1v) is 10.7. The molecule has 0 aromatic rings. The van der Waals surface area contributed by atoms with Gasteiger partial charge in [0.1, 0.15) is 0 Å². The monoisotopic (exact) mass is 343 g/mol. The smallest absolute Gasteiger partial charge is 0.0912 e. The van der Waals surface area contributed by atoms with Crippen molar-refractivity contribution in [1.82, 2.24) is 0 Å². The largest absolute Gasteiger partial charge is 0.378 e. The molecule has 2 fully saturated rings. The van der Waals surface area contributed by atoms with Crippen LogP contribution in [0.2, 0.25) is 0 Å². The van der Waals surface area contributed by atoms with Gasteiger partial charge in [0, 0.05) is 12.7 Å². The van der Waals surface area contributed by atoms with E-state index in [4.69, 9.17) is 10.00 Å². The van der Waals surface area contributed by atoms with Crippen molar-refractivity contribution in [2.24, 2.45) is 17.8 Å². The SMILES string of the molecule is CCCCCC1CCC(COC2CCC(C=CC=CC#N)CC2)CC1. The number of hydrogen-bond acceptors (Lipinski definition) is 2. The molecule has 0 N–H and O–H groups in total. The van der Waals surface area contributed by atoms with Crippen LogP contribution in [0.3, 0.4) is 0 Å². The minimum Gasteiger partial charge on any atom is -0.378 e. The highest BCUT2D eigenvalue weighted by atomic mass is 16.5. The van der Waals surface area contributed by atoms with Crippen LogP contribution in [0.25, 0.3) is 0 Å². The topological polar surface area (TPSA) is 33.0 Å². The highest BCUT2D eigenvalue weighted by molar-refractivity contribution is 5.12. The Balaban J connectivity index is 1.54. The first-order valence-electron chi connectivity index (χ1n) is 10.7. The summed E-state index contributed by atoms with van der Waals surface area (Å²) in [4.78, 5) is 0. The maximum absolute atomic E-state index is 8.48. The summed E-state index contributed by atoms with van der Waals surface area (Å²) >= 11 is 0. The molecule has 0 aromatic carbocycles. The number of nitriles is 1. The molecule has 2 nitrogen and oxygen atoms in total.